The Morgan fingerprint density at radius 3 is 2.56 bits per heavy atom. The van der Waals surface area contributed by atoms with Crippen molar-refractivity contribution in [1.82, 2.24) is 5.32 Å². The van der Waals surface area contributed by atoms with Crippen molar-refractivity contribution in [2.75, 3.05) is 11.9 Å². The first-order chi connectivity index (χ1) is 12.9. The maximum absolute atomic E-state index is 12.0. The largest absolute Gasteiger partial charge is 0.484 e. The molecule has 1 aliphatic rings. The highest BCUT2D eigenvalue weighted by molar-refractivity contribution is 8.26. The molecule has 1 heterocycles. The second-order valence-corrected chi connectivity index (χ2v) is 7.78. The zero-order valence-corrected chi connectivity index (χ0v) is 16.5. The lowest BCUT2D eigenvalue weighted by molar-refractivity contribution is -0.118. The second kappa shape index (κ2) is 8.37. The molecule has 5 nitrogen and oxygen atoms in total. The molecule has 2 aromatic carbocycles. The van der Waals surface area contributed by atoms with E-state index in [9.17, 15) is 9.59 Å². The van der Waals surface area contributed by atoms with Gasteiger partial charge < -0.3 is 15.4 Å². The van der Waals surface area contributed by atoms with E-state index in [1.165, 1.54) is 17.3 Å². The van der Waals surface area contributed by atoms with Gasteiger partial charge in [-0.15, -0.1) is 0 Å². The van der Waals surface area contributed by atoms with Crippen LogP contribution in [0.15, 0.2) is 47.4 Å². The van der Waals surface area contributed by atoms with E-state index in [-0.39, 0.29) is 18.4 Å². The number of hydrogen-bond donors (Lipinski definition) is 2. The third-order valence-electron chi connectivity index (χ3n) is 3.98. The number of anilines is 1. The molecule has 0 aromatic heterocycles. The van der Waals surface area contributed by atoms with Crippen LogP contribution in [0.25, 0.3) is 6.08 Å². The quantitative estimate of drug-likeness (QED) is 0.592. The fourth-order valence-electron chi connectivity index (χ4n) is 2.40. The van der Waals surface area contributed by atoms with E-state index >= 15 is 0 Å². The van der Waals surface area contributed by atoms with Crippen LogP contribution < -0.4 is 15.4 Å². The minimum Gasteiger partial charge on any atom is -0.484 e. The Hall–Kier alpha value is -2.64. The van der Waals surface area contributed by atoms with Crippen LogP contribution in [0.4, 0.5) is 5.69 Å². The lowest BCUT2D eigenvalue weighted by atomic mass is 10.1. The molecule has 2 aromatic rings. The Morgan fingerprint density at radius 2 is 1.93 bits per heavy atom. The standard InChI is InChI=1S/C20H18N2O3S2/c1-12-3-6-15(9-13(12)2)21-18(23)11-25-16-7-4-14(5-8-16)10-17-19(24)22-20(26)27-17/h3-10H,11H2,1-2H3,(H,21,23)(H,22,24,26)/b17-10-. The van der Waals surface area contributed by atoms with Crippen molar-refractivity contribution in [3.05, 3.63) is 64.1 Å². The second-order valence-electron chi connectivity index (χ2n) is 6.06. The van der Waals surface area contributed by atoms with Crippen LogP contribution in [0.5, 0.6) is 5.75 Å². The Kier molecular flexibility index (Phi) is 5.93. The average molecular weight is 399 g/mol. The number of thioether (sulfide) groups is 1. The van der Waals surface area contributed by atoms with Gasteiger partial charge >= 0.3 is 0 Å². The molecule has 1 aliphatic heterocycles. The topological polar surface area (TPSA) is 67.4 Å². The number of ether oxygens (including phenoxy) is 1. The van der Waals surface area contributed by atoms with Gasteiger partial charge in [-0.25, -0.2) is 0 Å². The molecule has 138 valence electrons. The van der Waals surface area contributed by atoms with E-state index in [0.717, 1.165) is 16.8 Å². The van der Waals surface area contributed by atoms with Crippen LogP contribution in [-0.4, -0.2) is 22.7 Å². The SMILES string of the molecule is Cc1ccc(NC(=O)COc2ccc(/C=C3\SC(=S)NC3=O)cc2)cc1C. The van der Waals surface area contributed by atoms with Gasteiger partial charge in [0.1, 0.15) is 10.1 Å². The fraction of sp³-hybridized carbons (Fsp3) is 0.150. The van der Waals surface area contributed by atoms with Gasteiger partial charge in [0.2, 0.25) is 0 Å². The van der Waals surface area contributed by atoms with Gasteiger partial charge in [-0.1, -0.05) is 42.2 Å². The van der Waals surface area contributed by atoms with E-state index in [4.69, 9.17) is 17.0 Å². The molecule has 0 spiro atoms. The summed E-state index contributed by atoms with van der Waals surface area (Å²) in [7, 11) is 0. The molecule has 0 saturated carbocycles. The monoisotopic (exact) mass is 398 g/mol. The molecule has 3 rings (SSSR count). The number of amides is 2. The van der Waals surface area contributed by atoms with Crippen molar-refractivity contribution < 1.29 is 14.3 Å². The van der Waals surface area contributed by atoms with E-state index in [2.05, 4.69) is 10.6 Å². The predicted octanol–water partition coefficient (Wildman–Crippen LogP) is 3.81. The number of nitrogens with one attached hydrogen (secondary N) is 2. The minimum atomic E-state index is -0.225. The Morgan fingerprint density at radius 1 is 1.19 bits per heavy atom. The molecule has 27 heavy (non-hydrogen) atoms. The fourth-order valence-corrected chi connectivity index (χ4v) is 3.44. The van der Waals surface area contributed by atoms with Gasteiger partial charge in [-0.05, 0) is 60.9 Å². The third-order valence-corrected chi connectivity index (χ3v) is 5.14. The summed E-state index contributed by atoms with van der Waals surface area (Å²) in [6.07, 6.45) is 1.76. The number of rotatable bonds is 5. The summed E-state index contributed by atoms with van der Waals surface area (Å²) in [5.41, 5.74) is 3.89. The highest BCUT2D eigenvalue weighted by atomic mass is 32.2. The smallest absolute Gasteiger partial charge is 0.263 e. The van der Waals surface area contributed by atoms with Crippen LogP contribution in [0.3, 0.4) is 0 Å². The molecule has 0 atom stereocenters. The lowest BCUT2D eigenvalue weighted by Gasteiger charge is -2.09. The van der Waals surface area contributed by atoms with Crippen LogP contribution in [0.1, 0.15) is 16.7 Å². The molecule has 0 unspecified atom stereocenters. The highest BCUT2D eigenvalue weighted by Gasteiger charge is 2.21. The van der Waals surface area contributed by atoms with Crippen LogP contribution in [0, 0.1) is 13.8 Å². The summed E-state index contributed by atoms with van der Waals surface area (Å²) in [6.45, 7) is 3.94. The van der Waals surface area contributed by atoms with Crippen LogP contribution >= 0.6 is 24.0 Å². The Balaban J connectivity index is 1.54. The summed E-state index contributed by atoms with van der Waals surface area (Å²) >= 11 is 6.20. The first kappa shape index (κ1) is 19.1. The Labute approximate surface area is 167 Å². The molecule has 0 bridgehead atoms. The van der Waals surface area contributed by atoms with Crippen molar-refractivity contribution >= 4 is 51.9 Å². The summed E-state index contributed by atoms with van der Waals surface area (Å²) < 4.78 is 5.98. The molecular formula is C20H18N2O3S2. The predicted molar refractivity (Wildman–Crippen MR) is 113 cm³/mol. The average Bonchev–Trinajstić information content (AvgIpc) is 2.95. The first-order valence-electron chi connectivity index (χ1n) is 8.25. The third kappa shape index (κ3) is 5.18. The van der Waals surface area contributed by atoms with Gasteiger partial charge in [0.05, 0.1) is 4.91 Å². The maximum atomic E-state index is 12.0. The molecule has 0 aliphatic carbocycles. The lowest BCUT2D eigenvalue weighted by Crippen LogP contribution is -2.20. The summed E-state index contributed by atoms with van der Waals surface area (Å²) in [5, 5.41) is 5.39. The molecular weight excluding hydrogens is 380 g/mol. The zero-order chi connectivity index (χ0) is 19.4. The highest BCUT2D eigenvalue weighted by Crippen LogP contribution is 2.26. The molecule has 7 heteroatoms. The van der Waals surface area contributed by atoms with Gasteiger partial charge in [0.25, 0.3) is 11.8 Å². The molecule has 1 saturated heterocycles. The number of thiocarbonyl (C=S) groups is 1. The van der Waals surface area contributed by atoms with E-state index in [1.807, 2.05) is 44.2 Å². The van der Waals surface area contributed by atoms with E-state index in [1.54, 1.807) is 18.2 Å². The molecule has 0 radical (unpaired) electrons. The molecule has 1 fully saturated rings. The summed E-state index contributed by atoms with van der Waals surface area (Å²) in [6, 6.07) is 12.9. The van der Waals surface area contributed by atoms with Gasteiger partial charge in [0.15, 0.2) is 6.61 Å². The first-order valence-corrected chi connectivity index (χ1v) is 9.48. The number of hydrogen-bond acceptors (Lipinski definition) is 5. The van der Waals surface area contributed by atoms with Gasteiger partial charge in [-0.3, -0.25) is 9.59 Å². The van der Waals surface area contributed by atoms with E-state index < -0.39 is 0 Å². The number of aryl methyl sites for hydroxylation is 2. The van der Waals surface area contributed by atoms with Crippen molar-refractivity contribution in [3.8, 4) is 5.75 Å². The van der Waals surface area contributed by atoms with Crippen molar-refractivity contribution in [2.24, 2.45) is 0 Å². The van der Waals surface area contributed by atoms with Crippen molar-refractivity contribution in [3.63, 3.8) is 0 Å². The van der Waals surface area contributed by atoms with Crippen molar-refractivity contribution in [2.45, 2.75) is 13.8 Å². The molecule has 2 N–H and O–H groups in total. The zero-order valence-electron chi connectivity index (χ0n) is 14.9. The number of carbonyl (C=O) groups is 2. The summed E-state index contributed by atoms with van der Waals surface area (Å²) in [4.78, 5) is 24.3. The van der Waals surface area contributed by atoms with Gasteiger partial charge in [0, 0.05) is 5.69 Å². The van der Waals surface area contributed by atoms with Crippen molar-refractivity contribution in [1.29, 1.82) is 0 Å². The number of carbonyl (C=O) groups excluding carboxylic acids is 2. The molecule has 2 amide bonds. The summed E-state index contributed by atoms with van der Waals surface area (Å²) in [5.74, 6) is 0.164. The van der Waals surface area contributed by atoms with Crippen LogP contribution in [0.2, 0.25) is 0 Å². The maximum Gasteiger partial charge on any atom is 0.263 e. The Bertz CT molecular complexity index is 937. The van der Waals surface area contributed by atoms with E-state index in [0.29, 0.717) is 15.0 Å². The van der Waals surface area contributed by atoms with Gasteiger partial charge in [-0.2, -0.15) is 0 Å². The van der Waals surface area contributed by atoms with Crippen LogP contribution in [-0.2, 0) is 9.59 Å². The minimum absolute atomic E-state index is 0.0834. The normalized spacial score (nSPS) is 15.0. The number of benzene rings is 2.